The average molecular weight is 320 g/mol. The standard InChI is InChI=1S/C12H10BrN5O/c1-18-6-7(5-15-18)11-16-12(19-17-11)9-3-2-8(13)4-10(9)14/h2-6H,14H2,1H3. The molecule has 19 heavy (non-hydrogen) atoms. The van der Waals surface area contributed by atoms with Gasteiger partial charge in [-0.1, -0.05) is 21.1 Å². The smallest absolute Gasteiger partial charge is 0.260 e. The number of aromatic nitrogens is 4. The minimum absolute atomic E-state index is 0.392. The molecule has 2 N–H and O–H groups in total. The zero-order valence-corrected chi connectivity index (χ0v) is 11.6. The third kappa shape index (κ3) is 2.24. The third-order valence-corrected chi connectivity index (χ3v) is 3.13. The van der Waals surface area contributed by atoms with Crippen molar-refractivity contribution in [2.24, 2.45) is 7.05 Å². The van der Waals surface area contributed by atoms with Crippen molar-refractivity contribution < 1.29 is 4.52 Å². The summed E-state index contributed by atoms with van der Waals surface area (Å²) in [6.45, 7) is 0. The summed E-state index contributed by atoms with van der Waals surface area (Å²) < 4.78 is 7.83. The van der Waals surface area contributed by atoms with Crippen molar-refractivity contribution >= 4 is 21.6 Å². The highest BCUT2D eigenvalue weighted by Crippen LogP contribution is 2.28. The number of anilines is 1. The predicted molar refractivity (Wildman–Crippen MR) is 74.0 cm³/mol. The van der Waals surface area contributed by atoms with Crippen LogP contribution >= 0.6 is 15.9 Å². The van der Waals surface area contributed by atoms with Crippen LogP contribution in [0.5, 0.6) is 0 Å². The summed E-state index contributed by atoms with van der Waals surface area (Å²) in [6.07, 6.45) is 3.50. The minimum Gasteiger partial charge on any atom is -0.398 e. The van der Waals surface area contributed by atoms with Crippen LogP contribution in [0.3, 0.4) is 0 Å². The summed E-state index contributed by atoms with van der Waals surface area (Å²) in [5.74, 6) is 0.884. The molecule has 0 saturated heterocycles. The molecular formula is C12H10BrN5O. The molecule has 0 amide bonds. The first-order valence-electron chi connectivity index (χ1n) is 5.51. The first-order valence-corrected chi connectivity index (χ1v) is 6.31. The summed E-state index contributed by atoms with van der Waals surface area (Å²) in [6, 6.07) is 5.50. The molecule has 96 valence electrons. The maximum atomic E-state index is 5.93. The summed E-state index contributed by atoms with van der Waals surface area (Å²) in [4.78, 5) is 4.33. The highest BCUT2D eigenvalue weighted by atomic mass is 79.9. The number of aryl methyl sites for hydroxylation is 1. The van der Waals surface area contributed by atoms with Gasteiger partial charge in [-0.05, 0) is 18.2 Å². The fraction of sp³-hybridized carbons (Fsp3) is 0.0833. The van der Waals surface area contributed by atoms with Gasteiger partial charge >= 0.3 is 0 Å². The number of hydrogen-bond donors (Lipinski definition) is 1. The lowest BCUT2D eigenvalue weighted by molar-refractivity contribution is 0.432. The van der Waals surface area contributed by atoms with Gasteiger partial charge in [-0.25, -0.2) is 0 Å². The molecule has 3 aromatic rings. The lowest BCUT2D eigenvalue weighted by atomic mass is 10.2. The van der Waals surface area contributed by atoms with Gasteiger partial charge in [0.15, 0.2) is 0 Å². The Morgan fingerprint density at radius 1 is 1.37 bits per heavy atom. The van der Waals surface area contributed by atoms with Gasteiger partial charge < -0.3 is 10.3 Å². The van der Waals surface area contributed by atoms with E-state index in [4.69, 9.17) is 10.3 Å². The Bertz CT molecular complexity index is 733. The van der Waals surface area contributed by atoms with Gasteiger partial charge in [-0.2, -0.15) is 10.1 Å². The second-order valence-electron chi connectivity index (χ2n) is 4.06. The van der Waals surface area contributed by atoms with Crippen molar-refractivity contribution in [3.05, 3.63) is 35.1 Å². The van der Waals surface area contributed by atoms with E-state index in [1.807, 2.05) is 25.4 Å². The van der Waals surface area contributed by atoms with E-state index >= 15 is 0 Å². The Hall–Kier alpha value is -2.15. The van der Waals surface area contributed by atoms with Gasteiger partial charge in [0.2, 0.25) is 5.82 Å². The molecule has 3 rings (SSSR count). The van der Waals surface area contributed by atoms with Crippen LogP contribution in [0, 0.1) is 0 Å². The molecule has 0 radical (unpaired) electrons. The third-order valence-electron chi connectivity index (χ3n) is 2.63. The maximum Gasteiger partial charge on any atom is 0.260 e. The average Bonchev–Trinajstić information content (AvgIpc) is 2.97. The Kier molecular flexibility index (Phi) is 2.83. The molecule has 0 unspecified atom stereocenters. The molecule has 0 saturated carbocycles. The van der Waals surface area contributed by atoms with E-state index in [1.54, 1.807) is 16.9 Å². The molecule has 0 spiro atoms. The van der Waals surface area contributed by atoms with E-state index < -0.39 is 0 Å². The second kappa shape index (κ2) is 4.51. The summed E-state index contributed by atoms with van der Waals surface area (Å²) in [7, 11) is 1.83. The van der Waals surface area contributed by atoms with Crippen LogP contribution in [0.1, 0.15) is 0 Å². The monoisotopic (exact) mass is 319 g/mol. The first-order chi connectivity index (χ1) is 9.13. The summed E-state index contributed by atoms with van der Waals surface area (Å²) >= 11 is 3.36. The first kappa shape index (κ1) is 11.9. The quantitative estimate of drug-likeness (QED) is 0.734. The van der Waals surface area contributed by atoms with Gasteiger partial charge in [0.1, 0.15) is 0 Å². The van der Waals surface area contributed by atoms with E-state index in [9.17, 15) is 0 Å². The number of nitrogen functional groups attached to an aromatic ring is 1. The van der Waals surface area contributed by atoms with Crippen molar-refractivity contribution in [2.75, 3.05) is 5.73 Å². The fourth-order valence-electron chi connectivity index (χ4n) is 1.72. The molecule has 0 aliphatic carbocycles. The Morgan fingerprint density at radius 2 is 2.21 bits per heavy atom. The Labute approximate surface area is 117 Å². The van der Waals surface area contributed by atoms with Crippen LogP contribution in [-0.4, -0.2) is 19.9 Å². The van der Waals surface area contributed by atoms with Crippen molar-refractivity contribution in [1.29, 1.82) is 0 Å². The predicted octanol–water partition coefficient (Wildman–Crippen LogP) is 2.48. The molecule has 2 heterocycles. The van der Waals surface area contributed by atoms with Crippen LogP contribution in [0.25, 0.3) is 22.8 Å². The molecule has 0 aliphatic rings. The topological polar surface area (TPSA) is 82.8 Å². The van der Waals surface area contributed by atoms with Gasteiger partial charge in [0, 0.05) is 23.4 Å². The number of nitrogens with zero attached hydrogens (tertiary/aromatic N) is 4. The van der Waals surface area contributed by atoms with E-state index in [2.05, 4.69) is 31.2 Å². The molecule has 0 fully saturated rings. The van der Waals surface area contributed by atoms with Crippen LogP contribution in [0.15, 0.2) is 39.6 Å². The molecule has 1 aromatic carbocycles. The normalized spacial score (nSPS) is 10.8. The number of hydrogen-bond acceptors (Lipinski definition) is 5. The zero-order chi connectivity index (χ0) is 13.4. The van der Waals surface area contributed by atoms with Crippen LogP contribution in [0.4, 0.5) is 5.69 Å². The van der Waals surface area contributed by atoms with Gasteiger partial charge in [-0.15, -0.1) is 0 Å². The fourth-order valence-corrected chi connectivity index (χ4v) is 2.09. The number of benzene rings is 1. The van der Waals surface area contributed by atoms with E-state index in [-0.39, 0.29) is 0 Å². The lowest BCUT2D eigenvalue weighted by Gasteiger charge is -2.00. The molecule has 6 nitrogen and oxygen atoms in total. The minimum atomic E-state index is 0.392. The zero-order valence-electron chi connectivity index (χ0n) is 10.0. The highest BCUT2D eigenvalue weighted by molar-refractivity contribution is 9.10. The molecule has 7 heteroatoms. The Balaban J connectivity index is 2.01. The molecule has 0 atom stereocenters. The molecule has 2 aromatic heterocycles. The number of halogens is 1. The van der Waals surface area contributed by atoms with E-state index in [0.717, 1.165) is 10.0 Å². The van der Waals surface area contributed by atoms with Crippen molar-refractivity contribution in [1.82, 2.24) is 19.9 Å². The van der Waals surface area contributed by atoms with Crippen molar-refractivity contribution in [3.63, 3.8) is 0 Å². The van der Waals surface area contributed by atoms with Crippen LogP contribution < -0.4 is 5.73 Å². The van der Waals surface area contributed by atoms with Gasteiger partial charge in [0.25, 0.3) is 5.89 Å². The van der Waals surface area contributed by atoms with E-state index in [1.165, 1.54) is 0 Å². The molecular weight excluding hydrogens is 310 g/mol. The summed E-state index contributed by atoms with van der Waals surface area (Å²) in [5, 5.41) is 8.00. The number of nitrogens with two attached hydrogens (primary N) is 1. The SMILES string of the molecule is Cn1cc(-c2noc(-c3ccc(Br)cc3N)n2)cn1. The van der Waals surface area contributed by atoms with Crippen molar-refractivity contribution in [2.45, 2.75) is 0 Å². The van der Waals surface area contributed by atoms with Crippen LogP contribution in [0.2, 0.25) is 0 Å². The van der Waals surface area contributed by atoms with Gasteiger partial charge in [-0.3, -0.25) is 4.68 Å². The summed E-state index contributed by atoms with van der Waals surface area (Å²) in [5.41, 5.74) is 8.02. The molecule has 0 bridgehead atoms. The van der Waals surface area contributed by atoms with Crippen LogP contribution in [-0.2, 0) is 7.05 Å². The second-order valence-corrected chi connectivity index (χ2v) is 4.97. The van der Waals surface area contributed by atoms with E-state index in [0.29, 0.717) is 23.0 Å². The largest absolute Gasteiger partial charge is 0.398 e. The van der Waals surface area contributed by atoms with Gasteiger partial charge in [0.05, 0.1) is 17.3 Å². The van der Waals surface area contributed by atoms with Crippen molar-refractivity contribution in [3.8, 4) is 22.8 Å². The number of rotatable bonds is 2. The lowest BCUT2D eigenvalue weighted by Crippen LogP contribution is -1.90. The molecule has 0 aliphatic heterocycles. The maximum absolute atomic E-state index is 5.93. The highest BCUT2D eigenvalue weighted by Gasteiger charge is 2.14. The Morgan fingerprint density at radius 3 is 2.89 bits per heavy atom.